The van der Waals surface area contributed by atoms with Crippen molar-refractivity contribution < 1.29 is 17.3 Å². The first-order valence-electron chi connectivity index (χ1n) is 8.91. The molecule has 1 aromatic carbocycles. The number of rotatable bonds is 3. The number of nitrogens with zero attached hydrogens (tertiary/aromatic N) is 2. The van der Waals surface area contributed by atoms with Crippen LogP contribution in [0, 0.1) is 3.70 Å². The minimum atomic E-state index is -4.28. The third kappa shape index (κ3) is 3.93. The Balaban J connectivity index is 1.79. The molecule has 126 valence electrons. The zero-order valence-corrected chi connectivity index (χ0v) is 14.5. The Morgan fingerprint density at radius 1 is 1.35 bits per heavy atom. The molecule has 0 saturated carbocycles. The summed E-state index contributed by atoms with van der Waals surface area (Å²) in [6.07, 6.45) is -2.93. The predicted molar refractivity (Wildman–Crippen MR) is 94.9 cm³/mol. The van der Waals surface area contributed by atoms with E-state index in [4.69, 9.17) is 4.11 Å². The Kier molecular flexibility index (Phi) is 3.77. The Labute approximate surface area is 151 Å². The van der Waals surface area contributed by atoms with Gasteiger partial charge in [-0.15, -0.1) is 0 Å². The topological polar surface area (TPSA) is 20.2 Å². The van der Waals surface area contributed by atoms with Crippen molar-refractivity contribution in [1.29, 1.82) is 0 Å². The molecule has 7 heteroatoms. The monoisotopic (exact) mass is 440 g/mol. The highest BCUT2D eigenvalue weighted by Crippen LogP contribution is 2.31. The van der Waals surface area contributed by atoms with Crippen LogP contribution in [0.25, 0.3) is 10.9 Å². The SMILES string of the molecule is [2H]C([2H])([2H])N1CCC(Nc2cccc3c2cc(I)n3CC(F)(F)F)CC1. The fourth-order valence-electron chi connectivity index (χ4n) is 2.96. The summed E-state index contributed by atoms with van der Waals surface area (Å²) >= 11 is 1.92. The van der Waals surface area contributed by atoms with Crippen molar-refractivity contribution in [2.75, 3.05) is 25.4 Å². The van der Waals surface area contributed by atoms with Gasteiger partial charge in [0.15, 0.2) is 0 Å². The van der Waals surface area contributed by atoms with Gasteiger partial charge >= 0.3 is 6.18 Å². The molecule has 1 N–H and O–H groups in total. The largest absolute Gasteiger partial charge is 0.406 e. The van der Waals surface area contributed by atoms with Crippen LogP contribution in [0.2, 0.25) is 0 Å². The number of anilines is 1. The van der Waals surface area contributed by atoms with Crippen molar-refractivity contribution in [1.82, 2.24) is 9.47 Å². The van der Waals surface area contributed by atoms with Crippen molar-refractivity contribution in [3.8, 4) is 0 Å². The molecule has 3 rings (SSSR count). The molecule has 1 aliphatic rings. The molecule has 2 aromatic rings. The molecule has 1 fully saturated rings. The number of halogens is 4. The Hall–Kier alpha value is -0.960. The van der Waals surface area contributed by atoms with Crippen molar-refractivity contribution in [3.63, 3.8) is 0 Å². The average molecular weight is 440 g/mol. The number of benzene rings is 1. The fourth-order valence-corrected chi connectivity index (χ4v) is 3.70. The van der Waals surface area contributed by atoms with Crippen LogP contribution in [0.4, 0.5) is 18.9 Å². The lowest BCUT2D eigenvalue weighted by molar-refractivity contribution is -0.140. The Morgan fingerprint density at radius 2 is 2.09 bits per heavy atom. The number of hydrogen-bond acceptors (Lipinski definition) is 2. The number of nitrogens with one attached hydrogen (secondary N) is 1. The molecule has 0 spiro atoms. The quantitative estimate of drug-likeness (QED) is 0.718. The van der Waals surface area contributed by atoms with Gasteiger partial charge in [-0.2, -0.15) is 13.2 Å². The van der Waals surface area contributed by atoms with Crippen LogP contribution in [0.1, 0.15) is 17.0 Å². The minimum Gasteiger partial charge on any atom is -0.382 e. The highest BCUT2D eigenvalue weighted by atomic mass is 127. The molecular weight excluding hydrogens is 418 g/mol. The third-order valence-corrected chi connectivity index (χ3v) is 4.98. The van der Waals surface area contributed by atoms with E-state index in [-0.39, 0.29) is 6.04 Å². The smallest absolute Gasteiger partial charge is 0.382 e. The molecule has 0 amide bonds. The predicted octanol–water partition coefficient (Wildman–Crippen LogP) is 4.31. The highest BCUT2D eigenvalue weighted by molar-refractivity contribution is 14.1. The first kappa shape index (κ1) is 13.3. The van der Waals surface area contributed by atoms with E-state index < -0.39 is 19.7 Å². The van der Waals surface area contributed by atoms with Gasteiger partial charge in [-0.05, 0) is 73.7 Å². The average Bonchev–Trinajstić information content (AvgIpc) is 2.83. The van der Waals surface area contributed by atoms with Gasteiger partial charge in [0, 0.05) is 21.2 Å². The summed E-state index contributed by atoms with van der Waals surface area (Å²) in [5.41, 5.74) is 1.32. The first-order chi connectivity index (χ1) is 12.0. The summed E-state index contributed by atoms with van der Waals surface area (Å²) in [5.74, 6) is 0. The van der Waals surface area contributed by atoms with Gasteiger partial charge in [0.25, 0.3) is 0 Å². The maximum Gasteiger partial charge on any atom is 0.406 e. The summed E-state index contributed by atoms with van der Waals surface area (Å²) in [5, 5.41) is 4.14. The normalized spacial score (nSPS) is 20.3. The van der Waals surface area contributed by atoms with Crippen LogP contribution < -0.4 is 5.32 Å². The molecule has 3 nitrogen and oxygen atoms in total. The van der Waals surface area contributed by atoms with E-state index in [0.29, 0.717) is 35.1 Å². The van der Waals surface area contributed by atoms with Crippen molar-refractivity contribution >= 4 is 39.2 Å². The zero-order valence-electron chi connectivity index (χ0n) is 15.3. The third-order valence-electron chi connectivity index (χ3n) is 4.09. The van der Waals surface area contributed by atoms with E-state index in [1.165, 1.54) is 9.47 Å². The molecule has 0 unspecified atom stereocenters. The van der Waals surface area contributed by atoms with E-state index in [1.807, 2.05) is 28.7 Å². The lowest BCUT2D eigenvalue weighted by Gasteiger charge is -2.30. The summed E-state index contributed by atoms with van der Waals surface area (Å²) in [7, 11) is 0. The van der Waals surface area contributed by atoms with E-state index >= 15 is 0 Å². The van der Waals surface area contributed by atoms with Crippen molar-refractivity contribution in [2.24, 2.45) is 0 Å². The van der Waals surface area contributed by atoms with Gasteiger partial charge in [-0.25, -0.2) is 0 Å². The van der Waals surface area contributed by atoms with Crippen LogP contribution >= 0.6 is 22.6 Å². The highest BCUT2D eigenvalue weighted by Gasteiger charge is 2.29. The lowest BCUT2D eigenvalue weighted by Crippen LogP contribution is -2.36. The van der Waals surface area contributed by atoms with E-state index in [1.54, 1.807) is 18.2 Å². The maximum absolute atomic E-state index is 12.8. The summed E-state index contributed by atoms with van der Waals surface area (Å²) in [4.78, 5) is 1.48. The minimum absolute atomic E-state index is 0.0998. The molecular formula is C16H19F3IN3. The van der Waals surface area contributed by atoms with Crippen LogP contribution in [0.5, 0.6) is 0 Å². The number of aromatic nitrogens is 1. The maximum atomic E-state index is 12.8. The van der Waals surface area contributed by atoms with E-state index in [0.717, 1.165) is 11.1 Å². The van der Waals surface area contributed by atoms with Gasteiger partial charge in [0.1, 0.15) is 6.54 Å². The number of hydrogen-bond donors (Lipinski definition) is 1. The van der Waals surface area contributed by atoms with Crippen LogP contribution in [0.3, 0.4) is 0 Å². The molecule has 1 aromatic heterocycles. The lowest BCUT2D eigenvalue weighted by atomic mass is 10.0. The Bertz CT molecular complexity index is 781. The molecule has 0 radical (unpaired) electrons. The molecule has 2 heterocycles. The summed E-state index contributed by atoms with van der Waals surface area (Å²) in [6, 6.07) is 7.13. The molecule has 0 aliphatic carbocycles. The Morgan fingerprint density at radius 3 is 2.74 bits per heavy atom. The first-order valence-corrected chi connectivity index (χ1v) is 8.48. The van der Waals surface area contributed by atoms with Gasteiger partial charge in [-0.3, -0.25) is 0 Å². The standard InChI is InChI=1S/C16H19F3IN3/c1-22-7-5-11(6-8-22)21-13-3-2-4-14-12(13)9-15(20)23(14)10-16(17,18)19/h2-4,9,11,21H,5-8,10H2,1H3/i1D3. The molecule has 1 saturated heterocycles. The second-order valence-electron chi connectivity index (χ2n) is 5.81. The number of alkyl halides is 3. The van der Waals surface area contributed by atoms with Crippen LogP contribution in [-0.4, -0.2) is 41.8 Å². The van der Waals surface area contributed by atoms with E-state index in [9.17, 15) is 13.2 Å². The number of fused-ring (bicyclic) bond motifs is 1. The zero-order chi connectivity index (χ0) is 19.1. The molecule has 1 aliphatic heterocycles. The van der Waals surface area contributed by atoms with Crippen molar-refractivity contribution in [2.45, 2.75) is 31.6 Å². The van der Waals surface area contributed by atoms with Gasteiger partial charge in [0.05, 0.1) is 9.22 Å². The van der Waals surface area contributed by atoms with Gasteiger partial charge in [-0.1, -0.05) is 6.07 Å². The van der Waals surface area contributed by atoms with Gasteiger partial charge in [0.2, 0.25) is 0 Å². The summed E-state index contributed by atoms with van der Waals surface area (Å²) < 4.78 is 62.7. The number of likely N-dealkylation sites (tertiary alicyclic amines) is 1. The van der Waals surface area contributed by atoms with Crippen LogP contribution in [0.15, 0.2) is 24.3 Å². The molecule has 0 atom stereocenters. The fraction of sp³-hybridized carbons (Fsp3) is 0.500. The van der Waals surface area contributed by atoms with Crippen molar-refractivity contribution in [3.05, 3.63) is 28.0 Å². The van der Waals surface area contributed by atoms with Crippen LogP contribution in [-0.2, 0) is 6.54 Å². The number of piperidine rings is 1. The second-order valence-corrected chi connectivity index (χ2v) is 6.92. The molecule has 23 heavy (non-hydrogen) atoms. The second kappa shape index (κ2) is 6.51. The van der Waals surface area contributed by atoms with Gasteiger partial charge < -0.3 is 14.8 Å². The molecule has 0 bridgehead atoms. The van der Waals surface area contributed by atoms with E-state index in [2.05, 4.69) is 5.32 Å². The summed E-state index contributed by atoms with van der Waals surface area (Å²) in [6.45, 7) is -2.15.